The fourth-order valence-electron chi connectivity index (χ4n) is 2.46. The Balaban J connectivity index is 1.93. The maximum atomic E-state index is 10.6. The number of nitrogens with two attached hydrogens (primary N) is 1. The standard InChI is InChI=1S/C10H13N8O7P/c11-7-4-8(15-10(14-7)16-17-12)18(2-13-4)9-6(20)5(19)3(25-9)1-24-26(21,22)23/h2-3,5-6,9,19-20H,1H2,(H2,11,14,15)(H2,21,22,23)/p-2/t3-,5-,6-,9-/m1/s1. The number of ether oxygens (including phenoxy) is 1. The summed E-state index contributed by atoms with van der Waals surface area (Å²) in [5.41, 5.74) is 14.3. The molecule has 0 aromatic carbocycles. The zero-order chi connectivity index (χ0) is 19.1. The van der Waals surface area contributed by atoms with E-state index < -0.39 is 39.0 Å². The van der Waals surface area contributed by atoms with Gasteiger partial charge in [-0.05, 0) is 10.6 Å². The predicted octanol–water partition coefficient (Wildman–Crippen LogP) is -2.19. The van der Waals surface area contributed by atoms with Gasteiger partial charge in [-0.2, -0.15) is 0 Å². The molecular weight excluding hydrogens is 375 g/mol. The molecule has 2 aromatic rings. The van der Waals surface area contributed by atoms with Crippen LogP contribution in [0, 0.1) is 0 Å². The molecule has 0 spiro atoms. The average Bonchev–Trinajstić information content (AvgIpc) is 3.08. The largest absolute Gasteiger partial charge is 0.790 e. The Morgan fingerprint density at radius 2 is 2.19 bits per heavy atom. The minimum atomic E-state index is -5.28. The lowest BCUT2D eigenvalue weighted by Gasteiger charge is -2.30. The highest BCUT2D eigenvalue weighted by Crippen LogP contribution is 2.34. The van der Waals surface area contributed by atoms with Crippen molar-refractivity contribution in [1.82, 2.24) is 19.5 Å². The van der Waals surface area contributed by atoms with Gasteiger partial charge in [0.1, 0.15) is 23.8 Å². The number of aromatic nitrogens is 4. The minimum Gasteiger partial charge on any atom is -0.790 e. The van der Waals surface area contributed by atoms with Gasteiger partial charge in [-0.15, -0.1) is 0 Å². The van der Waals surface area contributed by atoms with Crippen LogP contribution in [-0.2, 0) is 13.8 Å². The number of rotatable bonds is 5. The summed E-state index contributed by atoms with van der Waals surface area (Å²) in [6.45, 7) is -0.785. The number of hydrogen-bond donors (Lipinski definition) is 3. The second-order valence-electron chi connectivity index (χ2n) is 5.21. The predicted molar refractivity (Wildman–Crippen MR) is 78.0 cm³/mol. The van der Waals surface area contributed by atoms with Gasteiger partial charge in [0, 0.05) is 4.91 Å². The molecular formula is C10H11N8O7P-2. The zero-order valence-electron chi connectivity index (χ0n) is 12.7. The third-order valence-corrected chi connectivity index (χ3v) is 4.04. The zero-order valence-corrected chi connectivity index (χ0v) is 13.6. The monoisotopic (exact) mass is 386 g/mol. The van der Waals surface area contributed by atoms with Gasteiger partial charge in [0.05, 0.1) is 20.8 Å². The molecule has 16 heteroatoms. The molecule has 1 aliphatic rings. The second kappa shape index (κ2) is 6.75. The van der Waals surface area contributed by atoms with Crippen molar-refractivity contribution in [1.29, 1.82) is 0 Å². The van der Waals surface area contributed by atoms with E-state index in [0.717, 1.165) is 0 Å². The smallest absolute Gasteiger partial charge is 0.220 e. The molecule has 1 aliphatic heterocycles. The fourth-order valence-corrected chi connectivity index (χ4v) is 2.79. The lowest BCUT2D eigenvalue weighted by Crippen LogP contribution is -2.34. The highest BCUT2D eigenvalue weighted by Gasteiger charge is 2.44. The molecule has 1 fully saturated rings. The number of imidazole rings is 1. The van der Waals surface area contributed by atoms with Crippen molar-refractivity contribution in [3.8, 4) is 0 Å². The molecule has 0 radical (unpaired) electrons. The number of nitrogen functional groups attached to an aromatic ring is 1. The Bertz CT molecular complexity index is 923. The number of anilines is 1. The number of aliphatic hydroxyl groups is 2. The van der Waals surface area contributed by atoms with Crippen LogP contribution < -0.4 is 15.5 Å². The van der Waals surface area contributed by atoms with E-state index in [1.165, 1.54) is 10.9 Å². The molecule has 0 amide bonds. The normalized spacial score (nSPS) is 26.2. The lowest BCUT2D eigenvalue weighted by molar-refractivity contribution is -0.343. The molecule has 0 unspecified atom stereocenters. The van der Waals surface area contributed by atoms with Gasteiger partial charge in [0.15, 0.2) is 17.7 Å². The van der Waals surface area contributed by atoms with Gasteiger partial charge < -0.3 is 39.6 Å². The van der Waals surface area contributed by atoms with Crippen LogP contribution in [0.15, 0.2) is 11.4 Å². The van der Waals surface area contributed by atoms with E-state index in [9.17, 15) is 24.6 Å². The minimum absolute atomic E-state index is 0.0380. The van der Waals surface area contributed by atoms with Crippen LogP contribution in [0.4, 0.5) is 11.8 Å². The first-order valence-corrected chi connectivity index (χ1v) is 8.40. The lowest BCUT2D eigenvalue weighted by atomic mass is 10.1. The van der Waals surface area contributed by atoms with Crippen molar-refractivity contribution in [2.24, 2.45) is 5.11 Å². The quantitative estimate of drug-likeness (QED) is 0.216. The Labute approximate surface area is 143 Å². The van der Waals surface area contributed by atoms with Crippen molar-refractivity contribution < 1.29 is 33.8 Å². The fraction of sp³-hybridized carbons (Fsp3) is 0.500. The van der Waals surface area contributed by atoms with Crippen molar-refractivity contribution in [3.63, 3.8) is 0 Å². The summed E-state index contributed by atoms with van der Waals surface area (Å²) in [4.78, 5) is 35.3. The summed E-state index contributed by atoms with van der Waals surface area (Å²) < 4.78 is 21.2. The van der Waals surface area contributed by atoms with E-state index in [2.05, 4.69) is 29.5 Å². The van der Waals surface area contributed by atoms with Crippen molar-refractivity contribution in [3.05, 3.63) is 16.8 Å². The van der Waals surface area contributed by atoms with Gasteiger partial charge in [-0.25, -0.2) is 15.0 Å². The van der Waals surface area contributed by atoms with Gasteiger partial charge in [0.25, 0.3) is 0 Å². The van der Waals surface area contributed by atoms with Crippen molar-refractivity contribution in [2.75, 3.05) is 12.3 Å². The van der Waals surface area contributed by atoms with Gasteiger partial charge in [0.2, 0.25) is 5.95 Å². The topological polar surface area (TPSA) is 240 Å². The van der Waals surface area contributed by atoms with Crippen LogP contribution in [-0.4, -0.2) is 54.7 Å². The van der Waals surface area contributed by atoms with Crippen LogP contribution in [0.2, 0.25) is 0 Å². The van der Waals surface area contributed by atoms with E-state index in [1.807, 2.05) is 0 Å². The maximum absolute atomic E-state index is 10.6. The molecule has 1 saturated heterocycles. The molecule has 0 bridgehead atoms. The Morgan fingerprint density at radius 1 is 1.46 bits per heavy atom. The molecule has 4 atom stereocenters. The molecule has 3 rings (SSSR count). The number of hydrogen-bond acceptors (Lipinski definition) is 12. The number of fused-ring (bicyclic) bond motifs is 1. The number of azide groups is 1. The summed E-state index contributed by atoms with van der Waals surface area (Å²) in [6.07, 6.45) is -4.46. The van der Waals surface area contributed by atoms with E-state index >= 15 is 0 Å². The van der Waals surface area contributed by atoms with Crippen LogP contribution >= 0.6 is 7.82 Å². The first kappa shape index (κ1) is 18.4. The third kappa shape index (κ3) is 3.46. The van der Waals surface area contributed by atoms with Gasteiger partial charge in [-0.1, -0.05) is 0 Å². The van der Waals surface area contributed by atoms with Crippen LogP contribution in [0.1, 0.15) is 6.23 Å². The Morgan fingerprint density at radius 3 is 2.85 bits per heavy atom. The Hall–Kier alpha value is -2.35. The SMILES string of the molecule is [N-]=[N+]=Nc1nc(N)c2ncn([C@@H]3O[C@H](COP(=O)([O-])[O-])[C@@H](O)[C@H]3O)c2n1. The molecule has 2 aromatic heterocycles. The molecule has 3 heterocycles. The second-order valence-corrected chi connectivity index (χ2v) is 6.36. The molecule has 4 N–H and O–H groups in total. The number of aliphatic hydroxyl groups excluding tert-OH is 2. The van der Waals surface area contributed by atoms with E-state index in [0.29, 0.717) is 0 Å². The van der Waals surface area contributed by atoms with Crippen LogP contribution in [0.3, 0.4) is 0 Å². The van der Waals surface area contributed by atoms with Crippen LogP contribution in [0.25, 0.3) is 21.6 Å². The number of phosphoric ester groups is 1. The molecule has 0 saturated carbocycles. The molecule has 140 valence electrons. The highest BCUT2D eigenvalue weighted by molar-refractivity contribution is 7.43. The Kier molecular flexibility index (Phi) is 4.79. The molecule has 26 heavy (non-hydrogen) atoms. The van der Waals surface area contributed by atoms with Crippen molar-refractivity contribution in [2.45, 2.75) is 24.5 Å². The van der Waals surface area contributed by atoms with Crippen molar-refractivity contribution >= 4 is 30.8 Å². The summed E-state index contributed by atoms with van der Waals surface area (Å²) in [5, 5.41) is 23.4. The summed E-state index contributed by atoms with van der Waals surface area (Å²) in [5.74, 6) is -0.395. The summed E-state index contributed by atoms with van der Waals surface area (Å²) in [7, 11) is -5.28. The van der Waals surface area contributed by atoms with Gasteiger partial charge in [-0.3, -0.25) is 4.57 Å². The first-order valence-electron chi connectivity index (χ1n) is 6.94. The van der Waals surface area contributed by atoms with Gasteiger partial charge >= 0.3 is 0 Å². The van der Waals surface area contributed by atoms with Crippen LogP contribution in [0.5, 0.6) is 0 Å². The van der Waals surface area contributed by atoms with E-state index in [4.69, 9.17) is 16.0 Å². The maximum Gasteiger partial charge on any atom is 0.220 e. The summed E-state index contributed by atoms with van der Waals surface area (Å²) in [6, 6.07) is 0. The summed E-state index contributed by atoms with van der Waals surface area (Å²) >= 11 is 0. The third-order valence-electron chi connectivity index (χ3n) is 3.58. The highest BCUT2D eigenvalue weighted by atomic mass is 31.2. The number of nitrogens with zero attached hydrogens (tertiary/aromatic N) is 7. The molecule has 15 nitrogen and oxygen atoms in total. The number of phosphoric acid groups is 1. The average molecular weight is 386 g/mol. The van der Waals surface area contributed by atoms with E-state index in [-0.39, 0.29) is 22.9 Å². The first-order chi connectivity index (χ1) is 12.2. The molecule has 0 aliphatic carbocycles. The van der Waals surface area contributed by atoms with E-state index in [1.54, 1.807) is 0 Å².